The van der Waals surface area contributed by atoms with Gasteiger partial charge in [0.25, 0.3) is 0 Å². The molecule has 1 aromatic heterocycles. The van der Waals surface area contributed by atoms with Crippen LogP contribution in [-0.2, 0) is 13.1 Å². The highest BCUT2D eigenvalue weighted by molar-refractivity contribution is 5.79. The van der Waals surface area contributed by atoms with E-state index in [2.05, 4.69) is 12.1 Å². The van der Waals surface area contributed by atoms with Crippen molar-refractivity contribution >= 4 is 11.0 Å². The van der Waals surface area contributed by atoms with Crippen LogP contribution < -0.4 is 5.69 Å². The number of fused-ring (bicyclic) bond motifs is 1. The van der Waals surface area contributed by atoms with Crippen LogP contribution in [0.1, 0.15) is 27.8 Å². The normalized spacial score (nSPS) is 10.6. The summed E-state index contributed by atoms with van der Waals surface area (Å²) in [6.45, 7) is 2.88. The molecular formula is C24H18N4O. The summed E-state index contributed by atoms with van der Waals surface area (Å²) in [6, 6.07) is 24.7. The molecule has 0 atom stereocenters. The fourth-order valence-electron chi connectivity index (χ4n) is 3.59. The predicted octanol–water partition coefficient (Wildman–Crippen LogP) is 3.95. The third-order valence-electron chi connectivity index (χ3n) is 5.09. The number of aromatic nitrogens is 2. The lowest BCUT2D eigenvalue weighted by Crippen LogP contribution is -2.25. The van der Waals surface area contributed by atoms with E-state index >= 15 is 0 Å². The summed E-state index contributed by atoms with van der Waals surface area (Å²) in [5, 5.41) is 18.0. The van der Waals surface area contributed by atoms with E-state index in [0.29, 0.717) is 24.2 Å². The first-order valence-electron chi connectivity index (χ1n) is 9.27. The first-order valence-corrected chi connectivity index (χ1v) is 9.27. The van der Waals surface area contributed by atoms with Crippen molar-refractivity contribution in [2.45, 2.75) is 20.0 Å². The maximum absolute atomic E-state index is 13.3. The van der Waals surface area contributed by atoms with Gasteiger partial charge in [0, 0.05) is 0 Å². The molecule has 0 unspecified atom stereocenters. The summed E-state index contributed by atoms with van der Waals surface area (Å²) in [5.41, 5.74) is 5.87. The molecule has 0 N–H and O–H groups in total. The number of rotatable bonds is 4. The van der Waals surface area contributed by atoms with Crippen LogP contribution in [0.3, 0.4) is 0 Å². The molecule has 4 rings (SSSR count). The number of hydrogen-bond acceptors (Lipinski definition) is 3. The minimum Gasteiger partial charge on any atom is -0.287 e. The Kier molecular flexibility index (Phi) is 4.73. The predicted molar refractivity (Wildman–Crippen MR) is 111 cm³/mol. The van der Waals surface area contributed by atoms with Gasteiger partial charge in [0.15, 0.2) is 0 Å². The summed E-state index contributed by atoms with van der Waals surface area (Å²) >= 11 is 0. The van der Waals surface area contributed by atoms with Crippen LogP contribution in [0, 0.1) is 29.6 Å². The van der Waals surface area contributed by atoms with Crippen molar-refractivity contribution in [1.29, 1.82) is 10.5 Å². The average Bonchev–Trinajstić information content (AvgIpc) is 3.01. The van der Waals surface area contributed by atoms with Crippen LogP contribution in [0.25, 0.3) is 11.0 Å². The van der Waals surface area contributed by atoms with Gasteiger partial charge in [-0.15, -0.1) is 0 Å². The molecule has 29 heavy (non-hydrogen) atoms. The van der Waals surface area contributed by atoms with Crippen molar-refractivity contribution in [3.63, 3.8) is 0 Å². The van der Waals surface area contributed by atoms with E-state index in [1.165, 1.54) is 0 Å². The highest BCUT2D eigenvalue weighted by atomic mass is 16.1. The smallest absolute Gasteiger partial charge is 0.287 e. The lowest BCUT2D eigenvalue weighted by atomic mass is 10.1. The number of hydrogen-bond donors (Lipinski definition) is 0. The maximum Gasteiger partial charge on any atom is 0.329 e. The van der Waals surface area contributed by atoms with Crippen molar-refractivity contribution in [3.05, 3.63) is 105 Å². The fourth-order valence-corrected chi connectivity index (χ4v) is 3.59. The molecule has 0 aliphatic carbocycles. The summed E-state index contributed by atoms with van der Waals surface area (Å²) in [6.07, 6.45) is 0. The fraction of sp³-hybridized carbons (Fsp3) is 0.125. The Morgan fingerprint density at radius 3 is 1.79 bits per heavy atom. The summed E-state index contributed by atoms with van der Waals surface area (Å²) in [4.78, 5) is 13.3. The Labute approximate surface area is 168 Å². The molecule has 140 valence electrons. The molecule has 0 saturated carbocycles. The van der Waals surface area contributed by atoms with Crippen LogP contribution >= 0.6 is 0 Å². The number of para-hydroxylation sites is 1. The van der Waals surface area contributed by atoms with Gasteiger partial charge in [-0.2, -0.15) is 10.5 Å². The van der Waals surface area contributed by atoms with Crippen molar-refractivity contribution in [2.24, 2.45) is 0 Å². The quantitative estimate of drug-likeness (QED) is 0.540. The second-order valence-corrected chi connectivity index (χ2v) is 7.01. The van der Waals surface area contributed by atoms with Gasteiger partial charge in [0.1, 0.15) is 0 Å². The SMILES string of the molecule is Cc1cccc2c1n(Cc1ccc(C#N)cc1)c(=O)n2Cc1ccc(C#N)cc1. The molecule has 0 spiro atoms. The Morgan fingerprint density at radius 1 is 0.759 bits per heavy atom. The molecular weight excluding hydrogens is 360 g/mol. The third-order valence-corrected chi connectivity index (χ3v) is 5.09. The van der Waals surface area contributed by atoms with Crippen LogP contribution in [-0.4, -0.2) is 9.13 Å². The molecule has 0 radical (unpaired) electrons. The monoisotopic (exact) mass is 378 g/mol. The minimum absolute atomic E-state index is 0.0805. The van der Waals surface area contributed by atoms with E-state index < -0.39 is 0 Å². The van der Waals surface area contributed by atoms with Crippen LogP contribution in [0.2, 0.25) is 0 Å². The Hall–Kier alpha value is -4.09. The zero-order valence-corrected chi connectivity index (χ0v) is 16.0. The van der Waals surface area contributed by atoms with Gasteiger partial charge in [0.05, 0.1) is 47.4 Å². The van der Waals surface area contributed by atoms with Gasteiger partial charge in [-0.3, -0.25) is 9.13 Å². The molecule has 5 nitrogen and oxygen atoms in total. The first kappa shape index (κ1) is 18.3. The van der Waals surface area contributed by atoms with Gasteiger partial charge in [0.2, 0.25) is 0 Å². The largest absolute Gasteiger partial charge is 0.329 e. The van der Waals surface area contributed by atoms with Crippen molar-refractivity contribution in [3.8, 4) is 12.1 Å². The highest BCUT2D eigenvalue weighted by Gasteiger charge is 2.15. The van der Waals surface area contributed by atoms with E-state index in [1.807, 2.05) is 49.4 Å². The van der Waals surface area contributed by atoms with Crippen molar-refractivity contribution in [2.75, 3.05) is 0 Å². The lowest BCUT2D eigenvalue weighted by Gasteiger charge is -2.05. The molecule has 3 aromatic carbocycles. The Bertz CT molecular complexity index is 1330. The molecule has 1 heterocycles. The van der Waals surface area contributed by atoms with E-state index in [0.717, 1.165) is 27.7 Å². The number of nitriles is 2. The standard InChI is InChI=1S/C24H18N4O/c1-17-3-2-4-22-23(17)28(16-21-11-7-19(14-26)8-12-21)24(29)27(22)15-20-9-5-18(13-25)6-10-20/h2-12H,15-16H2,1H3. The topological polar surface area (TPSA) is 74.5 Å². The molecule has 4 aromatic rings. The third kappa shape index (κ3) is 3.42. The highest BCUT2D eigenvalue weighted by Crippen LogP contribution is 2.20. The van der Waals surface area contributed by atoms with Gasteiger partial charge in [-0.1, -0.05) is 36.4 Å². The minimum atomic E-state index is -0.0805. The van der Waals surface area contributed by atoms with Gasteiger partial charge >= 0.3 is 5.69 Å². The first-order chi connectivity index (χ1) is 14.1. The van der Waals surface area contributed by atoms with Gasteiger partial charge < -0.3 is 0 Å². The van der Waals surface area contributed by atoms with Crippen LogP contribution in [0.15, 0.2) is 71.5 Å². The lowest BCUT2D eigenvalue weighted by molar-refractivity contribution is 0.700. The molecule has 0 amide bonds. The summed E-state index contributed by atoms with van der Waals surface area (Å²) in [5.74, 6) is 0. The van der Waals surface area contributed by atoms with Crippen molar-refractivity contribution in [1.82, 2.24) is 9.13 Å². The maximum atomic E-state index is 13.3. The molecule has 0 saturated heterocycles. The number of aryl methyl sites for hydroxylation is 1. The zero-order valence-electron chi connectivity index (χ0n) is 16.0. The molecule has 0 bridgehead atoms. The van der Waals surface area contributed by atoms with Crippen LogP contribution in [0.5, 0.6) is 0 Å². The van der Waals surface area contributed by atoms with Gasteiger partial charge in [-0.25, -0.2) is 4.79 Å². The molecule has 0 aliphatic heterocycles. The van der Waals surface area contributed by atoms with E-state index in [4.69, 9.17) is 10.5 Å². The molecule has 0 aliphatic rings. The number of benzene rings is 3. The zero-order chi connectivity index (χ0) is 20.4. The Morgan fingerprint density at radius 2 is 1.28 bits per heavy atom. The van der Waals surface area contributed by atoms with E-state index in [1.54, 1.807) is 33.4 Å². The van der Waals surface area contributed by atoms with Gasteiger partial charge in [-0.05, 0) is 53.9 Å². The average molecular weight is 378 g/mol. The Balaban J connectivity index is 1.80. The number of nitrogens with zero attached hydrogens (tertiary/aromatic N) is 4. The number of imidazole rings is 1. The summed E-state index contributed by atoms with van der Waals surface area (Å²) in [7, 11) is 0. The van der Waals surface area contributed by atoms with E-state index in [-0.39, 0.29) is 5.69 Å². The van der Waals surface area contributed by atoms with Crippen LogP contribution in [0.4, 0.5) is 0 Å². The molecule has 5 heteroatoms. The second kappa shape index (κ2) is 7.50. The van der Waals surface area contributed by atoms with Crippen molar-refractivity contribution < 1.29 is 0 Å². The second-order valence-electron chi connectivity index (χ2n) is 7.01. The summed E-state index contributed by atoms with van der Waals surface area (Å²) < 4.78 is 3.56. The molecule has 0 fully saturated rings. The van der Waals surface area contributed by atoms with E-state index in [9.17, 15) is 4.79 Å².